The lowest BCUT2D eigenvalue weighted by molar-refractivity contribution is -0.127. The Hall–Kier alpha value is -4.94. The molecule has 0 radical (unpaired) electrons. The predicted octanol–water partition coefficient (Wildman–Crippen LogP) is 5.43. The lowest BCUT2D eigenvalue weighted by Gasteiger charge is -2.28. The number of thioether (sulfide) groups is 1. The second-order valence-electron chi connectivity index (χ2n) is 12.6. The van der Waals surface area contributed by atoms with Gasteiger partial charge < -0.3 is 19.7 Å². The molecule has 3 fully saturated rings. The first-order valence-electron chi connectivity index (χ1n) is 17.1. The molecule has 3 aromatic rings. The molecular weight excluding hydrogens is 653 g/mol. The van der Waals surface area contributed by atoms with E-state index in [1.54, 1.807) is 17.3 Å². The normalized spacial score (nSPS) is 22.9. The van der Waals surface area contributed by atoms with Gasteiger partial charge in [0, 0.05) is 49.3 Å². The first kappa shape index (κ1) is 33.6. The number of ether oxygens (including phenoxy) is 2. The van der Waals surface area contributed by atoms with Crippen molar-refractivity contribution in [3.63, 3.8) is 0 Å². The summed E-state index contributed by atoms with van der Waals surface area (Å²) in [5.41, 5.74) is 4.44. The maximum absolute atomic E-state index is 14.0. The largest absolute Gasteiger partial charge is 0.445 e. The second-order valence-corrected chi connectivity index (χ2v) is 13.7. The highest BCUT2D eigenvalue weighted by molar-refractivity contribution is 8.15. The number of aliphatic imine (C=N–C) groups is 1. The molecule has 12 heteroatoms. The van der Waals surface area contributed by atoms with Crippen LogP contribution in [0, 0.1) is 5.92 Å². The Morgan fingerprint density at radius 1 is 0.980 bits per heavy atom. The third-order valence-electron chi connectivity index (χ3n) is 9.30. The van der Waals surface area contributed by atoms with Crippen LogP contribution in [0.2, 0.25) is 0 Å². The van der Waals surface area contributed by atoms with Gasteiger partial charge in [0.15, 0.2) is 5.17 Å². The summed E-state index contributed by atoms with van der Waals surface area (Å²) >= 11 is 1.48. The molecule has 1 aromatic heterocycles. The highest BCUT2D eigenvalue weighted by Gasteiger charge is 2.42. The summed E-state index contributed by atoms with van der Waals surface area (Å²) in [6, 6.07) is 20.8. The Labute approximate surface area is 296 Å². The fourth-order valence-corrected chi connectivity index (χ4v) is 7.83. The SMILES string of the molecule is O=C(NC1=CC[C@@H](C2SC(=Nc3ccc(N4CCOCC4)cc3)N(Cc3ccncc3)C2=O)C=C1)C1CCCN1C(=O)OCc1ccccc1. The van der Waals surface area contributed by atoms with Crippen LogP contribution in [-0.4, -0.2) is 82.0 Å². The predicted molar refractivity (Wildman–Crippen MR) is 193 cm³/mol. The fraction of sp³-hybridized carbons (Fsp3) is 0.342. The number of amides is 3. The molecule has 3 aliphatic heterocycles. The summed E-state index contributed by atoms with van der Waals surface area (Å²) in [6.07, 6.45) is 10.7. The number of pyridine rings is 1. The second kappa shape index (κ2) is 15.7. The number of benzene rings is 2. The van der Waals surface area contributed by atoms with Crippen LogP contribution in [0.3, 0.4) is 0 Å². The third kappa shape index (κ3) is 7.92. The monoisotopic (exact) mass is 692 g/mol. The Kier molecular flexibility index (Phi) is 10.6. The quantitative estimate of drug-likeness (QED) is 0.316. The van der Waals surface area contributed by atoms with Crippen molar-refractivity contribution in [3.8, 4) is 0 Å². The van der Waals surface area contributed by atoms with Crippen molar-refractivity contribution in [2.45, 2.75) is 43.7 Å². The van der Waals surface area contributed by atoms with Crippen LogP contribution in [0.1, 0.15) is 30.4 Å². The minimum Gasteiger partial charge on any atom is -0.445 e. The molecule has 4 aliphatic rings. The summed E-state index contributed by atoms with van der Waals surface area (Å²) in [4.78, 5) is 54.8. The van der Waals surface area contributed by atoms with Gasteiger partial charge in [-0.25, -0.2) is 9.79 Å². The number of nitrogens with one attached hydrogen (secondary N) is 1. The Morgan fingerprint density at radius 3 is 2.50 bits per heavy atom. The van der Waals surface area contributed by atoms with Crippen LogP contribution in [0.15, 0.2) is 108 Å². The Morgan fingerprint density at radius 2 is 1.76 bits per heavy atom. The molecular formula is C38H40N6O5S. The Bertz CT molecular complexity index is 1760. The number of rotatable bonds is 9. The maximum Gasteiger partial charge on any atom is 0.410 e. The zero-order valence-corrected chi connectivity index (χ0v) is 28.5. The van der Waals surface area contributed by atoms with E-state index in [-0.39, 0.29) is 29.6 Å². The van der Waals surface area contributed by atoms with E-state index in [0.29, 0.717) is 36.8 Å². The summed E-state index contributed by atoms with van der Waals surface area (Å²) in [5, 5.41) is 3.29. The molecule has 4 heterocycles. The molecule has 2 aromatic carbocycles. The first-order valence-corrected chi connectivity index (χ1v) is 17.9. The molecule has 0 spiro atoms. The molecule has 1 aliphatic carbocycles. The van der Waals surface area contributed by atoms with Gasteiger partial charge in [0.1, 0.15) is 12.6 Å². The van der Waals surface area contributed by atoms with E-state index in [1.807, 2.05) is 72.8 Å². The van der Waals surface area contributed by atoms with Crippen molar-refractivity contribution in [2.24, 2.45) is 10.9 Å². The van der Waals surface area contributed by atoms with Gasteiger partial charge in [-0.3, -0.25) is 24.4 Å². The number of anilines is 1. The average molecular weight is 693 g/mol. The van der Waals surface area contributed by atoms with Gasteiger partial charge in [0.25, 0.3) is 0 Å². The van der Waals surface area contributed by atoms with Gasteiger partial charge >= 0.3 is 6.09 Å². The molecule has 7 rings (SSSR count). The van der Waals surface area contributed by atoms with Gasteiger partial charge in [-0.1, -0.05) is 54.2 Å². The number of aromatic nitrogens is 1. The van der Waals surface area contributed by atoms with Crippen LogP contribution in [0.5, 0.6) is 0 Å². The molecule has 258 valence electrons. The zero-order valence-electron chi connectivity index (χ0n) is 27.7. The van der Waals surface area contributed by atoms with Gasteiger partial charge in [-0.05, 0) is 72.9 Å². The number of hydrogen-bond donors (Lipinski definition) is 1. The van der Waals surface area contributed by atoms with Crippen LogP contribution in [0.4, 0.5) is 16.2 Å². The third-order valence-corrected chi connectivity index (χ3v) is 10.6. The van der Waals surface area contributed by atoms with E-state index in [1.165, 1.54) is 16.7 Å². The standard InChI is InChI=1S/C38H40N6O5S/c45-35(33-7-4-20-43(33)38(47)49-26-28-5-2-1-3-6-28)40-30-10-8-29(9-11-30)34-36(46)44(25-27-16-18-39-19-17-27)37(50-34)41-31-12-14-32(15-13-31)42-21-23-48-24-22-42/h1-3,5-6,8,10-19,29,33-34H,4,7,9,20-26H2,(H,40,45)/t29-,33?,34?/m0/s1. The van der Waals surface area contributed by atoms with E-state index in [0.717, 1.165) is 55.2 Å². The number of morpholine rings is 1. The molecule has 2 unspecified atom stereocenters. The summed E-state index contributed by atoms with van der Waals surface area (Å²) in [7, 11) is 0. The van der Waals surface area contributed by atoms with Gasteiger partial charge in [0.2, 0.25) is 11.8 Å². The highest BCUT2D eigenvalue weighted by Crippen LogP contribution is 2.38. The molecule has 1 N–H and O–H groups in total. The van der Waals surface area contributed by atoms with Crippen molar-refractivity contribution in [2.75, 3.05) is 37.7 Å². The van der Waals surface area contributed by atoms with Gasteiger partial charge in [-0.15, -0.1) is 0 Å². The van der Waals surface area contributed by atoms with Gasteiger partial charge in [0.05, 0.1) is 30.7 Å². The maximum atomic E-state index is 14.0. The molecule has 0 saturated carbocycles. The van der Waals surface area contributed by atoms with Crippen LogP contribution < -0.4 is 10.2 Å². The number of carbonyl (C=O) groups is 3. The Balaban J connectivity index is 0.992. The summed E-state index contributed by atoms with van der Waals surface area (Å²) in [6.45, 7) is 4.19. The topological polar surface area (TPSA) is 117 Å². The number of nitrogens with zero attached hydrogens (tertiary/aromatic N) is 5. The minimum absolute atomic E-state index is 0.00153. The molecule has 3 saturated heterocycles. The van der Waals surface area contributed by atoms with E-state index in [4.69, 9.17) is 14.5 Å². The minimum atomic E-state index is -0.597. The zero-order chi connectivity index (χ0) is 34.3. The van der Waals surface area contributed by atoms with Crippen molar-refractivity contribution in [3.05, 3.63) is 114 Å². The number of allylic oxidation sites excluding steroid dienone is 3. The van der Waals surface area contributed by atoms with Crippen molar-refractivity contribution < 1.29 is 23.9 Å². The fourth-order valence-electron chi connectivity index (χ4n) is 6.56. The number of hydrogen-bond acceptors (Lipinski definition) is 9. The molecule has 11 nitrogen and oxygen atoms in total. The van der Waals surface area contributed by atoms with Gasteiger partial charge in [-0.2, -0.15) is 0 Å². The van der Waals surface area contributed by atoms with Crippen molar-refractivity contribution in [1.82, 2.24) is 20.1 Å². The van der Waals surface area contributed by atoms with Crippen LogP contribution in [0.25, 0.3) is 0 Å². The number of amidine groups is 1. The van der Waals surface area contributed by atoms with E-state index in [2.05, 4.69) is 27.3 Å². The van der Waals surface area contributed by atoms with Crippen LogP contribution in [-0.2, 0) is 32.2 Å². The number of likely N-dealkylation sites (tertiary alicyclic amines) is 1. The summed E-state index contributed by atoms with van der Waals surface area (Å²) in [5.74, 6) is -0.320. The molecule has 3 atom stereocenters. The van der Waals surface area contributed by atoms with E-state index in [9.17, 15) is 14.4 Å². The lowest BCUT2D eigenvalue weighted by atomic mass is 9.94. The number of carbonyl (C=O) groups excluding carboxylic acids is 3. The summed E-state index contributed by atoms with van der Waals surface area (Å²) < 4.78 is 11.0. The lowest BCUT2D eigenvalue weighted by Crippen LogP contribution is -2.45. The van der Waals surface area contributed by atoms with E-state index >= 15 is 0 Å². The first-order chi connectivity index (χ1) is 24.5. The highest BCUT2D eigenvalue weighted by atomic mass is 32.2. The van der Waals surface area contributed by atoms with E-state index < -0.39 is 12.1 Å². The molecule has 50 heavy (non-hydrogen) atoms. The molecule has 0 bridgehead atoms. The van der Waals surface area contributed by atoms with Crippen LogP contribution >= 0.6 is 11.8 Å². The molecule has 3 amide bonds. The van der Waals surface area contributed by atoms with Crippen molar-refractivity contribution in [1.29, 1.82) is 0 Å². The smallest absolute Gasteiger partial charge is 0.410 e. The van der Waals surface area contributed by atoms with Crippen molar-refractivity contribution >= 4 is 46.2 Å². The average Bonchev–Trinajstić information content (AvgIpc) is 3.78.